The van der Waals surface area contributed by atoms with Gasteiger partial charge in [0.25, 0.3) is 5.56 Å². The third kappa shape index (κ3) is 5.52. The zero-order valence-electron chi connectivity index (χ0n) is 23.6. The van der Waals surface area contributed by atoms with E-state index >= 15 is 0 Å². The van der Waals surface area contributed by atoms with E-state index in [1.54, 1.807) is 31.4 Å². The van der Waals surface area contributed by atoms with Crippen LogP contribution in [-0.4, -0.2) is 23.0 Å². The monoisotopic (exact) mass is 741 g/mol. The highest BCUT2D eigenvalue weighted by atomic mass is 79.9. The third-order valence-corrected chi connectivity index (χ3v) is 9.33. The Balaban J connectivity index is 1.29. The summed E-state index contributed by atoms with van der Waals surface area (Å²) in [5.74, 6) is 1.45. The Labute approximate surface area is 278 Å². The number of ether oxygens (including phenoxy) is 2. The second kappa shape index (κ2) is 12.2. The van der Waals surface area contributed by atoms with Crippen molar-refractivity contribution in [1.29, 1.82) is 0 Å². The second-order valence-electron chi connectivity index (χ2n) is 10.2. The lowest BCUT2D eigenvalue weighted by Gasteiger charge is -2.16. The average molecular weight is 744 g/mol. The van der Waals surface area contributed by atoms with Gasteiger partial charge in [0.15, 0.2) is 17.3 Å². The molecule has 7 aromatic rings. The molecule has 5 aromatic carbocycles. The number of fused-ring (bicyclic) bond motifs is 3. The molecule has 0 atom stereocenters. The number of nitrogens with zero attached hydrogens (tertiary/aromatic N) is 3. The molecule has 0 amide bonds. The van der Waals surface area contributed by atoms with Crippen molar-refractivity contribution >= 4 is 82.3 Å². The van der Waals surface area contributed by atoms with Crippen LogP contribution in [0.5, 0.6) is 11.5 Å². The highest BCUT2D eigenvalue weighted by Crippen LogP contribution is 2.43. The van der Waals surface area contributed by atoms with Crippen LogP contribution in [0.1, 0.15) is 11.1 Å². The highest BCUT2D eigenvalue weighted by Gasteiger charge is 2.20. The van der Waals surface area contributed by atoms with Crippen molar-refractivity contribution in [2.24, 2.45) is 5.10 Å². The lowest BCUT2D eigenvalue weighted by atomic mass is 10.1. The molecule has 2 aromatic heterocycles. The van der Waals surface area contributed by atoms with E-state index in [1.807, 2.05) is 54.6 Å². The minimum atomic E-state index is -0.349. The lowest BCUT2D eigenvalue weighted by Crippen LogP contribution is -2.20. The normalized spacial score (nSPS) is 11.6. The standard InChI is InChI=1S/C35H22Br2ClN3O4/c1-43-29-17-23(31(37)32(38)33(29)44-19-21-9-6-8-20-7-2-3-10-25(20)21)18-39-41-34(40-27-12-5-4-11-26(27)35(41)42)30-16-22-15-24(36)13-14-28(22)45-30/h2-18H,19H2,1H3. The molecule has 222 valence electrons. The number of aromatic nitrogens is 2. The Morgan fingerprint density at radius 2 is 1.71 bits per heavy atom. The second-order valence-corrected chi connectivity index (χ2v) is 12.2. The molecule has 0 saturated heterocycles. The van der Waals surface area contributed by atoms with Crippen LogP contribution in [0.2, 0.25) is 5.02 Å². The van der Waals surface area contributed by atoms with Crippen molar-refractivity contribution in [2.45, 2.75) is 6.61 Å². The number of halogens is 3. The number of benzene rings is 5. The topological polar surface area (TPSA) is 78.9 Å². The number of hydrogen-bond donors (Lipinski definition) is 0. The molecule has 0 saturated carbocycles. The fourth-order valence-electron chi connectivity index (χ4n) is 5.19. The Bertz CT molecular complexity index is 2340. The van der Waals surface area contributed by atoms with Crippen molar-refractivity contribution in [3.63, 3.8) is 0 Å². The molecule has 0 aliphatic rings. The van der Waals surface area contributed by atoms with Crippen LogP contribution in [0.4, 0.5) is 0 Å². The summed E-state index contributed by atoms with van der Waals surface area (Å²) < 4.78 is 20.7. The Morgan fingerprint density at radius 1 is 0.933 bits per heavy atom. The van der Waals surface area contributed by atoms with Crippen LogP contribution in [0.3, 0.4) is 0 Å². The molecule has 0 aliphatic heterocycles. The molecule has 7 nitrogen and oxygen atoms in total. The molecule has 10 heteroatoms. The quantitative estimate of drug-likeness (QED) is 0.152. The Hall–Kier alpha value is -4.44. The van der Waals surface area contributed by atoms with Crippen molar-refractivity contribution in [2.75, 3.05) is 7.11 Å². The van der Waals surface area contributed by atoms with E-state index in [-0.39, 0.29) is 18.0 Å². The van der Waals surface area contributed by atoms with Crippen LogP contribution >= 0.6 is 43.5 Å². The van der Waals surface area contributed by atoms with Crippen molar-refractivity contribution in [1.82, 2.24) is 9.66 Å². The summed E-state index contributed by atoms with van der Waals surface area (Å²) in [5, 5.41) is 8.39. The number of para-hydroxylation sites is 1. The van der Waals surface area contributed by atoms with Crippen LogP contribution in [0.15, 0.2) is 120 Å². The molecular formula is C35H22Br2ClN3O4. The summed E-state index contributed by atoms with van der Waals surface area (Å²) in [4.78, 5) is 18.5. The summed E-state index contributed by atoms with van der Waals surface area (Å²) in [5.41, 5.74) is 2.42. The first-order valence-electron chi connectivity index (χ1n) is 13.8. The minimum Gasteiger partial charge on any atom is -0.493 e. The third-order valence-electron chi connectivity index (χ3n) is 7.39. The molecule has 2 heterocycles. The van der Waals surface area contributed by atoms with Crippen LogP contribution in [0, 0.1) is 0 Å². The summed E-state index contributed by atoms with van der Waals surface area (Å²) in [6.07, 6.45) is 1.52. The van der Waals surface area contributed by atoms with E-state index in [4.69, 9.17) is 30.5 Å². The zero-order valence-corrected chi connectivity index (χ0v) is 27.6. The molecule has 0 bridgehead atoms. The van der Waals surface area contributed by atoms with Gasteiger partial charge in [-0.25, -0.2) is 4.98 Å². The summed E-state index contributed by atoms with van der Waals surface area (Å²) >= 11 is 13.9. The SMILES string of the molecule is COc1cc(C=Nn2c(-c3cc4cc(Br)ccc4o3)nc3ccccc3c2=O)c(Br)c(Cl)c1OCc1cccc2ccccc12. The van der Waals surface area contributed by atoms with E-state index in [0.717, 1.165) is 26.2 Å². The van der Waals surface area contributed by atoms with Crippen LogP contribution < -0.4 is 15.0 Å². The first-order chi connectivity index (χ1) is 21.9. The van der Waals surface area contributed by atoms with Crippen LogP contribution in [-0.2, 0) is 6.61 Å². The number of methoxy groups -OCH3 is 1. The fourth-order valence-corrected chi connectivity index (χ4v) is 6.22. The largest absolute Gasteiger partial charge is 0.493 e. The number of furan rings is 1. The summed E-state index contributed by atoms with van der Waals surface area (Å²) in [6.45, 7) is 0.285. The summed E-state index contributed by atoms with van der Waals surface area (Å²) in [6, 6.07) is 30.6. The van der Waals surface area contributed by atoms with Gasteiger partial charge in [0.2, 0.25) is 5.82 Å². The molecule has 0 N–H and O–H groups in total. The molecule has 0 fully saturated rings. The zero-order chi connectivity index (χ0) is 31.1. The van der Waals surface area contributed by atoms with Gasteiger partial charge >= 0.3 is 0 Å². The molecule has 0 radical (unpaired) electrons. The summed E-state index contributed by atoms with van der Waals surface area (Å²) in [7, 11) is 1.54. The van der Waals surface area contributed by atoms with Gasteiger partial charge in [0.05, 0.1) is 24.2 Å². The molecule has 0 unspecified atom stereocenters. The average Bonchev–Trinajstić information content (AvgIpc) is 3.48. The van der Waals surface area contributed by atoms with Crippen molar-refractivity contribution in [3.8, 4) is 23.1 Å². The predicted octanol–water partition coefficient (Wildman–Crippen LogP) is 9.61. The molecular weight excluding hydrogens is 722 g/mol. The van der Waals surface area contributed by atoms with Gasteiger partial charge in [-0.1, -0.05) is 82.1 Å². The van der Waals surface area contributed by atoms with E-state index < -0.39 is 0 Å². The van der Waals surface area contributed by atoms with Crippen LogP contribution in [0.25, 0.3) is 44.2 Å². The van der Waals surface area contributed by atoms with Gasteiger partial charge in [-0.15, -0.1) is 0 Å². The smallest absolute Gasteiger partial charge is 0.282 e. The first kappa shape index (κ1) is 29.3. The highest BCUT2D eigenvalue weighted by molar-refractivity contribution is 9.10. The van der Waals surface area contributed by atoms with Gasteiger partial charge in [0, 0.05) is 19.9 Å². The van der Waals surface area contributed by atoms with Gasteiger partial charge in [-0.2, -0.15) is 9.78 Å². The number of hydrogen-bond acceptors (Lipinski definition) is 6. The predicted molar refractivity (Wildman–Crippen MR) is 186 cm³/mol. The van der Waals surface area contributed by atoms with Gasteiger partial charge in [-0.05, 0) is 74.7 Å². The Morgan fingerprint density at radius 3 is 2.56 bits per heavy atom. The maximum atomic E-state index is 13.7. The molecule has 0 aliphatic carbocycles. The van der Waals surface area contributed by atoms with E-state index in [0.29, 0.717) is 48.8 Å². The maximum absolute atomic E-state index is 13.7. The molecule has 7 rings (SSSR count). The van der Waals surface area contributed by atoms with Crippen molar-refractivity contribution in [3.05, 3.63) is 133 Å². The van der Waals surface area contributed by atoms with E-state index in [1.165, 1.54) is 10.9 Å². The van der Waals surface area contributed by atoms with Gasteiger partial charge in [0.1, 0.15) is 17.2 Å². The van der Waals surface area contributed by atoms with Crippen molar-refractivity contribution < 1.29 is 13.9 Å². The minimum absolute atomic E-state index is 0.256. The number of rotatable bonds is 7. The Kier molecular flexibility index (Phi) is 7.91. The van der Waals surface area contributed by atoms with E-state index in [2.05, 4.69) is 55.2 Å². The fraction of sp³-hybridized carbons (Fsp3) is 0.0571. The van der Waals surface area contributed by atoms with E-state index in [9.17, 15) is 4.79 Å². The maximum Gasteiger partial charge on any atom is 0.282 e. The van der Waals surface area contributed by atoms with Gasteiger partial charge < -0.3 is 13.9 Å². The molecule has 45 heavy (non-hydrogen) atoms. The molecule has 0 spiro atoms. The van der Waals surface area contributed by atoms with Gasteiger partial charge in [-0.3, -0.25) is 4.79 Å². The lowest BCUT2D eigenvalue weighted by molar-refractivity contribution is 0.285. The first-order valence-corrected chi connectivity index (χ1v) is 15.8.